The van der Waals surface area contributed by atoms with Gasteiger partial charge in [0.25, 0.3) is 0 Å². The topological polar surface area (TPSA) is 47.0 Å². The number of rotatable bonds is 7. The second kappa shape index (κ2) is 9.24. The highest BCUT2D eigenvalue weighted by molar-refractivity contribution is 7.99. The smallest absolute Gasteiger partial charge is 0.162 e. The first-order valence-electron chi connectivity index (χ1n) is 7.95. The molecule has 0 aliphatic carbocycles. The van der Waals surface area contributed by atoms with Crippen LogP contribution in [-0.4, -0.2) is 30.2 Å². The van der Waals surface area contributed by atoms with Gasteiger partial charge in [-0.1, -0.05) is 35.0 Å². The van der Waals surface area contributed by atoms with Crippen LogP contribution < -0.4 is 5.32 Å². The molecule has 134 valence electrons. The minimum absolute atomic E-state index is 0.597. The second-order valence-electron chi connectivity index (χ2n) is 5.40. The minimum atomic E-state index is 0.597. The quantitative estimate of drug-likeness (QED) is 0.405. The molecule has 0 saturated heterocycles. The highest BCUT2D eigenvalue weighted by Gasteiger charge is 2.09. The SMILES string of the molecule is COCCNc1cc(Sc2ccc(Cl)cc2)nc(-c2ccc(Cl)cc2)n1. The first kappa shape index (κ1) is 19.0. The van der Waals surface area contributed by atoms with Gasteiger partial charge in [-0.05, 0) is 48.5 Å². The van der Waals surface area contributed by atoms with Crippen LogP contribution in [0.3, 0.4) is 0 Å². The number of hydrogen-bond acceptors (Lipinski definition) is 5. The van der Waals surface area contributed by atoms with Crippen molar-refractivity contribution >= 4 is 40.8 Å². The van der Waals surface area contributed by atoms with E-state index in [0.717, 1.165) is 21.3 Å². The Morgan fingerprint density at radius 1 is 0.962 bits per heavy atom. The largest absolute Gasteiger partial charge is 0.383 e. The normalized spacial score (nSPS) is 10.7. The van der Waals surface area contributed by atoms with E-state index in [9.17, 15) is 0 Å². The molecule has 3 aromatic rings. The molecule has 0 atom stereocenters. The fourth-order valence-corrected chi connectivity index (χ4v) is 3.27. The molecule has 0 unspecified atom stereocenters. The van der Waals surface area contributed by atoms with Crippen LogP contribution >= 0.6 is 35.0 Å². The monoisotopic (exact) mass is 405 g/mol. The number of nitrogens with zero attached hydrogens (tertiary/aromatic N) is 2. The van der Waals surface area contributed by atoms with Crippen LogP contribution in [0, 0.1) is 0 Å². The molecule has 26 heavy (non-hydrogen) atoms. The summed E-state index contributed by atoms with van der Waals surface area (Å²) in [5.74, 6) is 1.39. The van der Waals surface area contributed by atoms with Crippen LogP contribution in [-0.2, 0) is 4.74 Å². The van der Waals surface area contributed by atoms with E-state index in [1.807, 2.05) is 54.6 Å². The summed E-state index contributed by atoms with van der Waals surface area (Å²) in [6.45, 7) is 1.26. The van der Waals surface area contributed by atoms with E-state index < -0.39 is 0 Å². The van der Waals surface area contributed by atoms with Crippen molar-refractivity contribution in [1.29, 1.82) is 0 Å². The van der Waals surface area contributed by atoms with E-state index in [2.05, 4.69) is 15.3 Å². The first-order valence-corrected chi connectivity index (χ1v) is 9.52. The fourth-order valence-electron chi connectivity index (χ4n) is 2.20. The van der Waals surface area contributed by atoms with Crippen molar-refractivity contribution in [3.63, 3.8) is 0 Å². The third-order valence-electron chi connectivity index (χ3n) is 3.45. The molecule has 0 aliphatic rings. The van der Waals surface area contributed by atoms with Gasteiger partial charge >= 0.3 is 0 Å². The van der Waals surface area contributed by atoms with Crippen molar-refractivity contribution in [2.75, 3.05) is 25.6 Å². The second-order valence-corrected chi connectivity index (χ2v) is 7.36. The maximum absolute atomic E-state index is 5.98. The molecule has 0 radical (unpaired) electrons. The molecule has 0 bridgehead atoms. The average Bonchev–Trinajstić information content (AvgIpc) is 2.64. The fraction of sp³-hybridized carbons (Fsp3) is 0.158. The molecule has 1 aromatic heterocycles. The highest BCUT2D eigenvalue weighted by Crippen LogP contribution is 2.30. The van der Waals surface area contributed by atoms with Gasteiger partial charge in [0, 0.05) is 40.2 Å². The number of nitrogens with one attached hydrogen (secondary N) is 1. The molecule has 4 nitrogen and oxygen atoms in total. The van der Waals surface area contributed by atoms with Gasteiger partial charge in [0.1, 0.15) is 10.8 Å². The lowest BCUT2D eigenvalue weighted by molar-refractivity contribution is 0.210. The zero-order chi connectivity index (χ0) is 18.4. The zero-order valence-corrected chi connectivity index (χ0v) is 16.4. The summed E-state index contributed by atoms with van der Waals surface area (Å²) in [6, 6.07) is 17.1. The van der Waals surface area contributed by atoms with E-state index in [4.69, 9.17) is 27.9 Å². The Bertz CT molecular complexity index is 858. The summed E-state index contributed by atoms with van der Waals surface area (Å²) in [7, 11) is 1.67. The van der Waals surface area contributed by atoms with Crippen molar-refractivity contribution in [1.82, 2.24) is 9.97 Å². The van der Waals surface area contributed by atoms with Crippen molar-refractivity contribution in [3.8, 4) is 11.4 Å². The molecular formula is C19H17Cl2N3OS. The Morgan fingerprint density at radius 3 is 2.27 bits per heavy atom. The van der Waals surface area contributed by atoms with Crippen LogP contribution in [0.1, 0.15) is 0 Å². The molecule has 0 fully saturated rings. The van der Waals surface area contributed by atoms with Crippen LogP contribution in [0.5, 0.6) is 0 Å². The molecule has 0 saturated carbocycles. The Balaban J connectivity index is 1.91. The maximum Gasteiger partial charge on any atom is 0.162 e. The molecule has 0 amide bonds. The number of benzene rings is 2. The van der Waals surface area contributed by atoms with E-state index in [1.165, 1.54) is 0 Å². The lowest BCUT2D eigenvalue weighted by atomic mass is 10.2. The van der Waals surface area contributed by atoms with Gasteiger partial charge < -0.3 is 10.1 Å². The van der Waals surface area contributed by atoms with E-state index in [1.54, 1.807) is 18.9 Å². The number of methoxy groups -OCH3 is 1. The van der Waals surface area contributed by atoms with Gasteiger partial charge in [-0.15, -0.1) is 0 Å². The van der Waals surface area contributed by atoms with Crippen LogP contribution in [0.15, 0.2) is 64.5 Å². The third-order valence-corrected chi connectivity index (χ3v) is 4.88. The molecular weight excluding hydrogens is 389 g/mol. The lowest BCUT2D eigenvalue weighted by Gasteiger charge is -2.10. The number of hydrogen-bond donors (Lipinski definition) is 1. The maximum atomic E-state index is 5.98. The predicted molar refractivity (Wildman–Crippen MR) is 108 cm³/mol. The summed E-state index contributed by atoms with van der Waals surface area (Å²) in [6.07, 6.45) is 0. The number of aromatic nitrogens is 2. The Kier molecular flexibility index (Phi) is 6.74. The summed E-state index contributed by atoms with van der Waals surface area (Å²) >= 11 is 13.5. The summed E-state index contributed by atoms with van der Waals surface area (Å²) in [5, 5.41) is 5.49. The number of ether oxygens (including phenoxy) is 1. The van der Waals surface area contributed by atoms with Crippen LogP contribution in [0.25, 0.3) is 11.4 Å². The predicted octanol–water partition coefficient (Wildman–Crippen LogP) is 5.66. The lowest BCUT2D eigenvalue weighted by Crippen LogP contribution is -2.09. The van der Waals surface area contributed by atoms with Crippen molar-refractivity contribution < 1.29 is 4.74 Å². The van der Waals surface area contributed by atoms with Crippen molar-refractivity contribution in [3.05, 3.63) is 64.6 Å². The van der Waals surface area contributed by atoms with E-state index in [0.29, 0.717) is 29.0 Å². The molecule has 1 heterocycles. The minimum Gasteiger partial charge on any atom is -0.383 e. The van der Waals surface area contributed by atoms with Gasteiger partial charge in [0.2, 0.25) is 0 Å². The molecule has 7 heteroatoms. The molecule has 2 aromatic carbocycles. The molecule has 3 rings (SSSR count). The standard InChI is InChI=1S/C19H17Cl2N3OS/c1-25-11-10-22-17-12-18(26-16-8-6-15(21)7-9-16)24-19(23-17)13-2-4-14(20)5-3-13/h2-9,12H,10-11H2,1H3,(H,22,23,24). The summed E-state index contributed by atoms with van der Waals surface area (Å²) in [4.78, 5) is 10.3. The van der Waals surface area contributed by atoms with Crippen LogP contribution in [0.2, 0.25) is 10.0 Å². The Hall–Kier alpha value is -1.79. The van der Waals surface area contributed by atoms with Gasteiger partial charge in [0.15, 0.2) is 5.82 Å². The van der Waals surface area contributed by atoms with Crippen molar-refractivity contribution in [2.45, 2.75) is 9.92 Å². The Labute approximate surface area is 166 Å². The number of anilines is 1. The molecule has 0 spiro atoms. The number of halogens is 2. The van der Waals surface area contributed by atoms with E-state index >= 15 is 0 Å². The molecule has 1 N–H and O–H groups in total. The molecule has 0 aliphatic heterocycles. The average molecular weight is 406 g/mol. The summed E-state index contributed by atoms with van der Waals surface area (Å²) < 4.78 is 5.09. The van der Waals surface area contributed by atoms with Crippen molar-refractivity contribution in [2.24, 2.45) is 0 Å². The van der Waals surface area contributed by atoms with Gasteiger partial charge in [-0.3, -0.25) is 0 Å². The summed E-state index contributed by atoms with van der Waals surface area (Å²) in [5.41, 5.74) is 0.905. The van der Waals surface area contributed by atoms with Gasteiger partial charge in [0.05, 0.1) is 6.61 Å². The third kappa shape index (κ3) is 5.35. The highest BCUT2D eigenvalue weighted by atomic mass is 35.5. The van der Waals surface area contributed by atoms with Gasteiger partial charge in [-0.2, -0.15) is 0 Å². The van der Waals surface area contributed by atoms with Crippen LogP contribution in [0.4, 0.5) is 5.82 Å². The van der Waals surface area contributed by atoms with Gasteiger partial charge in [-0.25, -0.2) is 9.97 Å². The first-order chi connectivity index (χ1) is 12.6. The Morgan fingerprint density at radius 2 is 1.62 bits per heavy atom. The zero-order valence-electron chi connectivity index (χ0n) is 14.1. The van der Waals surface area contributed by atoms with E-state index in [-0.39, 0.29) is 0 Å².